The van der Waals surface area contributed by atoms with Crippen LogP contribution in [0.1, 0.15) is 32.6 Å². The van der Waals surface area contributed by atoms with Gasteiger partial charge >= 0.3 is 0 Å². The first-order valence-electron chi connectivity index (χ1n) is 10.7. The summed E-state index contributed by atoms with van der Waals surface area (Å²) in [6, 6.07) is 10.8. The van der Waals surface area contributed by atoms with Crippen molar-refractivity contribution >= 4 is 62.3 Å². The van der Waals surface area contributed by atoms with Gasteiger partial charge in [-0.3, -0.25) is 4.31 Å². The molecule has 1 fully saturated rings. The van der Waals surface area contributed by atoms with Gasteiger partial charge in [-0.1, -0.05) is 34.8 Å². The van der Waals surface area contributed by atoms with Gasteiger partial charge in [-0.2, -0.15) is 11.8 Å². The lowest BCUT2D eigenvalue weighted by molar-refractivity contribution is 0.228. The monoisotopic (exact) mass is 534 g/mol. The number of likely N-dealkylation sites (tertiary alicyclic amines) is 1. The van der Waals surface area contributed by atoms with Crippen LogP contribution in [0, 0.1) is 0 Å². The summed E-state index contributed by atoms with van der Waals surface area (Å²) in [7, 11) is -3.86. The minimum absolute atomic E-state index is 0.170. The van der Waals surface area contributed by atoms with Crippen molar-refractivity contribution in [2.75, 3.05) is 30.2 Å². The molecule has 9 heteroatoms. The van der Waals surface area contributed by atoms with E-state index in [0.717, 1.165) is 26.1 Å². The maximum absolute atomic E-state index is 13.7. The fourth-order valence-electron chi connectivity index (χ4n) is 4.11. The fourth-order valence-corrected chi connectivity index (χ4v) is 7.12. The van der Waals surface area contributed by atoms with Crippen molar-refractivity contribution in [2.45, 2.75) is 48.8 Å². The fraction of sp³-hybridized carbons (Fsp3) is 0.478. The average molecular weight is 536 g/mol. The maximum Gasteiger partial charge on any atom is 0.264 e. The summed E-state index contributed by atoms with van der Waals surface area (Å²) in [5.74, 6) is 0. The Balaban J connectivity index is 1.82. The number of anilines is 1. The number of thioether (sulfide) groups is 1. The summed E-state index contributed by atoms with van der Waals surface area (Å²) in [5.41, 5.74) is 0.391. The zero-order valence-electron chi connectivity index (χ0n) is 18.3. The van der Waals surface area contributed by atoms with Crippen molar-refractivity contribution in [3.8, 4) is 0 Å². The molecule has 1 aliphatic heterocycles. The van der Waals surface area contributed by atoms with Crippen LogP contribution in [0.5, 0.6) is 0 Å². The Morgan fingerprint density at radius 2 is 1.81 bits per heavy atom. The van der Waals surface area contributed by atoms with Gasteiger partial charge in [-0.05, 0) is 94.4 Å². The van der Waals surface area contributed by atoms with Gasteiger partial charge in [0.15, 0.2) is 0 Å². The minimum Gasteiger partial charge on any atom is -0.302 e. The molecule has 1 aliphatic rings. The van der Waals surface area contributed by atoms with Crippen molar-refractivity contribution in [1.82, 2.24) is 4.90 Å². The highest BCUT2D eigenvalue weighted by Gasteiger charge is 2.31. The van der Waals surface area contributed by atoms with Crippen LogP contribution in [0.3, 0.4) is 0 Å². The smallest absolute Gasteiger partial charge is 0.264 e. The Morgan fingerprint density at radius 3 is 2.50 bits per heavy atom. The number of rotatable bonds is 9. The maximum atomic E-state index is 13.7. The van der Waals surface area contributed by atoms with Gasteiger partial charge in [-0.25, -0.2) is 8.42 Å². The Labute approximate surface area is 211 Å². The Kier molecular flexibility index (Phi) is 9.48. The predicted octanol–water partition coefficient (Wildman–Crippen LogP) is 6.84. The van der Waals surface area contributed by atoms with Crippen LogP contribution >= 0.6 is 46.6 Å². The lowest BCUT2D eigenvalue weighted by Crippen LogP contribution is -2.40. The largest absolute Gasteiger partial charge is 0.302 e. The van der Waals surface area contributed by atoms with Crippen molar-refractivity contribution < 1.29 is 8.42 Å². The molecule has 3 rings (SSSR count). The number of benzene rings is 2. The van der Waals surface area contributed by atoms with E-state index in [9.17, 15) is 8.42 Å². The van der Waals surface area contributed by atoms with E-state index in [1.54, 1.807) is 30.3 Å². The van der Waals surface area contributed by atoms with Gasteiger partial charge in [0.05, 0.1) is 15.6 Å². The molecular formula is C23H29Cl3N2O2S2. The first-order valence-corrected chi connectivity index (χ1v) is 14.6. The third-order valence-electron chi connectivity index (χ3n) is 5.81. The summed E-state index contributed by atoms with van der Waals surface area (Å²) < 4.78 is 28.7. The SMILES string of the molecule is CSC1CCCN(CCC[C@@H](C)N(c2cc(Cl)ccc2Cl)S(=O)(=O)c2ccc(Cl)cc2)C1. The van der Waals surface area contributed by atoms with Crippen LogP contribution in [-0.2, 0) is 10.0 Å². The molecule has 2 aromatic carbocycles. The van der Waals surface area contributed by atoms with Crippen LogP contribution in [-0.4, -0.2) is 50.5 Å². The lowest BCUT2D eigenvalue weighted by Gasteiger charge is -2.34. The van der Waals surface area contributed by atoms with Crippen LogP contribution in [0.15, 0.2) is 47.4 Å². The molecule has 1 unspecified atom stereocenters. The molecule has 176 valence electrons. The normalized spacial score (nSPS) is 18.5. The zero-order valence-corrected chi connectivity index (χ0v) is 22.2. The number of hydrogen-bond donors (Lipinski definition) is 0. The van der Waals surface area contributed by atoms with Gasteiger partial charge in [-0.15, -0.1) is 0 Å². The molecule has 2 aromatic rings. The number of nitrogens with zero attached hydrogens (tertiary/aromatic N) is 2. The molecule has 0 amide bonds. The summed E-state index contributed by atoms with van der Waals surface area (Å²) >= 11 is 20.6. The molecule has 1 saturated heterocycles. The first kappa shape index (κ1) is 26.0. The highest BCUT2D eigenvalue weighted by molar-refractivity contribution is 7.99. The van der Waals surface area contributed by atoms with Gasteiger partial charge in [0.2, 0.25) is 0 Å². The van der Waals surface area contributed by atoms with Gasteiger partial charge < -0.3 is 4.90 Å². The molecule has 0 radical (unpaired) electrons. The van der Waals surface area contributed by atoms with Crippen LogP contribution in [0.4, 0.5) is 5.69 Å². The van der Waals surface area contributed by atoms with Gasteiger partial charge in [0, 0.05) is 27.9 Å². The van der Waals surface area contributed by atoms with Crippen molar-refractivity contribution in [2.24, 2.45) is 0 Å². The van der Waals surface area contributed by atoms with Crippen LogP contribution in [0.2, 0.25) is 15.1 Å². The molecule has 0 bridgehead atoms. The van der Waals surface area contributed by atoms with Crippen LogP contribution < -0.4 is 4.31 Å². The molecular weight excluding hydrogens is 507 g/mol. The molecule has 0 N–H and O–H groups in total. The minimum atomic E-state index is -3.86. The average Bonchev–Trinajstić information content (AvgIpc) is 2.76. The predicted molar refractivity (Wildman–Crippen MR) is 139 cm³/mol. The van der Waals surface area contributed by atoms with E-state index in [0.29, 0.717) is 32.4 Å². The second kappa shape index (κ2) is 11.7. The third kappa shape index (κ3) is 6.49. The third-order valence-corrected chi connectivity index (χ3v) is 9.61. The lowest BCUT2D eigenvalue weighted by atomic mass is 10.1. The molecule has 32 heavy (non-hydrogen) atoms. The highest BCUT2D eigenvalue weighted by atomic mass is 35.5. The molecule has 1 heterocycles. The summed E-state index contributed by atoms with van der Waals surface area (Å²) in [4.78, 5) is 2.66. The molecule has 0 aromatic heterocycles. The summed E-state index contributed by atoms with van der Waals surface area (Å²) in [6.07, 6.45) is 6.26. The Bertz CT molecular complexity index is 1000. The van der Waals surface area contributed by atoms with E-state index in [-0.39, 0.29) is 10.9 Å². The first-order chi connectivity index (χ1) is 15.2. The molecule has 0 spiro atoms. The second-order valence-corrected chi connectivity index (χ2v) is 12.4. The van der Waals surface area contributed by atoms with Crippen LogP contribution in [0.25, 0.3) is 0 Å². The summed E-state index contributed by atoms with van der Waals surface area (Å²) in [5, 5.41) is 1.95. The molecule has 2 atom stereocenters. The molecule has 4 nitrogen and oxygen atoms in total. The van der Waals surface area contributed by atoms with Crippen molar-refractivity contribution in [3.05, 3.63) is 57.5 Å². The van der Waals surface area contributed by atoms with Crippen molar-refractivity contribution in [1.29, 1.82) is 0 Å². The standard InChI is InChI=1S/C23H29Cl3N2O2S2/c1-17(5-3-13-27-14-4-6-20(16-27)31-2)28(23-15-19(25)9-12-22(23)26)32(29,30)21-10-7-18(24)8-11-21/h7-12,15,17,20H,3-6,13-14,16H2,1-2H3/t17-,20?/m1/s1. The van der Waals surface area contributed by atoms with Gasteiger partial charge in [0.1, 0.15) is 0 Å². The van der Waals surface area contributed by atoms with E-state index >= 15 is 0 Å². The number of hydrogen-bond acceptors (Lipinski definition) is 4. The second-order valence-electron chi connectivity index (χ2n) is 8.14. The number of sulfonamides is 1. The van der Waals surface area contributed by atoms with Crippen molar-refractivity contribution in [3.63, 3.8) is 0 Å². The Morgan fingerprint density at radius 1 is 1.12 bits per heavy atom. The van der Waals surface area contributed by atoms with E-state index in [4.69, 9.17) is 34.8 Å². The zero-order chi connectivity index (χ0) is 23.3. The topological polar surface area (TPSA) is 40.6 Å². The summed E-state index contributed by atoms with van der Waals surface area (Å²) in [6.45, 7) is 5.09. The number of halogens is 3. The highest BCUT2D eigenvalue weighted by Crippen LogP contribution is 2.35. The van der Waals surface area contributed by atoms with E-state index in [2.05, 4.69) is 11.2 Å². The van der Waals surface area contributed by atoms with E-state index in [1.807, 2.05) is 18.7 Å². The van der Waals surface area contributed by atoms with E-state index < -0.39 is 10.0 Å². The molecule has 0 aliphatic carbocycles. The van der Waals surface area contributed by atoms with Gasteiger partial charge in [0.25, 0.3) is 10.0 Å². The molecule has 0 saturated carbocycles. The van der Waals surface area contributed by atoms with E-state index in [1.165, 1.54) is 29.3 Å². The quantitative estimate of drug-likeness (QED) is 0.352. The number of piperidine rings is 1. The Hall–Kier alpha value is -0.630.